The van der Waals surface area contributed by atoms with E-state index < -0.39 is 22.0 Å². The first-order chi connectivity index (χ1) is 15.5. The standard InChI is InChI=1S/C23H24ClN3O4S2/c1-14(2)11-19(21(28)27-33(30,31)18-9-7-15(3)8-10-18)25-23-26-22(29)20(32-23)13-16-5-4-6-17(24)12-16/h4-10,12-14,19H,11H2,1-3H3,(H,27,28)(H,25,26,29)/b20-13-/t19-/m0/s1. The highest BCUT2D eigenvalue weighted by Crippen LogP contribution is 2.27. The monoisotopic (exact) mass is 505 g/mol. The molecule has 1 aliphatic heterocycles. The van der Waals surface area contributed by atoms with Crippen molar-refractivity contribution in [1.29, 1.82) is 0 Å². The fourth-order valence-corrected chi connectivity index (χ4v) is 5.10. The number of hydrogen-bond acceptors (Lipinski definition) is 6. The summed E-state index contributed by atoms with van der Waals surface area (Å²) in [6.45, 7) is 5.64. The smallest absolute Gasteiger partial charge is 0.264 e. The number of amidine groups is 1. The Hall–Kier alpha value is -2.62. The molecule has 0 aromatic heterocycles. The second kappa shape index (κ2) is 10.5. The molecule has 0 bridgehead atoms. The van der Waals surface area contributed by atoms with Crippen molar-refractivity contribution >= 4 is 56.4 Å². The third-order valence-electron chi connectivity index (χ3n) is 4.63. The number of benzene rings is 2. The van der Waals surface area contributed by atoms with Gasteiger partial charge in [-0.2, -0.15) is 0 Å². The summed E-state index contributed by atoms with van der Waals surface area (Å²) in [6.07, 6.45) is 1.98. The Balaban J connectivity index is 1.80. The Bertz CT molecular complexity index is 1220. The highest BCUT2D eigenvalue weighted by Gasteiger charge is 2.29. The minimum Gasteiger partial charge on any atom is -0.301 e. The van der Waals surface area contributed by atoms with E-state index in [2.05, 4.69) is 15.0 Å². The van der Waals surface area contributed by atoms with E-state index in [0.29, 0.717) is 16.3 Å². The van der Waals surface area contributed by atoms with Crippen molar-refractivity contribution in [3.8, 4) is 0 Å². The van der Waals surface area contributed by atoms with Crippen LogP contribution in [0.5, 0.6) is 0 Å². The van der Waals surface area contributed by atoms with Crippen LogP contribution < -0.4 is 10.0 Å². The number of sulfonamides is 1. The number of carbonyl (C=O) groups excluding carboxylic acids is 2. The lowest BCUT2D eigenvalue weighted by atomic mass is 10.0. The molecule has 7 nitrogen and oxygen atoms in total. The van der Waals surface area contributed by atoms with Crippen molar-refractivity contribution in [2.24, 2.45) is 10.9 Å². The lowest BCUT2D eigenvalue weighted by molar-refractivity contribution is -0.121. The maximum Gasteiger partial charge on any atom is 0.264 e. The first-order valence-electron chi connectivity index (χ1n) is 10.2. The number of halogens is 1. The van der Waals surface area contributed by atoms with E-state index in [0.717, 1.165) is 22.9 Å². The van der Waals surface area contributed by atoms with Gasteiger partial charge in [0.2, 0.25) is 0 Å². The quantitative estimate of drug-likeness (QED) is 0.550. The van der Waals surface area contributed by atoms with Crippen molar-refractivity contribution in [3.63, 3.8) is 0 Å². The molecule has 2 aromatic rings. The lowest BCUT2D eigenvalue weighted by Gasteiger charge is -2.16. The lowest BCUT2D eigenvalue weighted by Crippen LogP contribution is -2.39. The summed E-state index contributed by atoms with van der Waals surface area (Å²) in [4.78, 5) is 30.0. The highest BCUT2D eigenvalue weighted by molar-refractivity contribution is 8.18. The van der Waals surface area contributed by atoms with E-state index in [9.17, 15) is 18.0 Å². The molecule has 10 heteroatoms. The number of nitrogens with one attached hydrogen (secondary N) is 2. The van der Waals surface area contributed by atoms with Gasteiger partial charge < -0.3 is 5.32 Å². The first kappa shape index (κ1) is 25.0. The molecular weight excluding hydrogens is 482 g/mol. The van der Waals surface area contributed by atoms with E-state index >= 15 is 0 Å². The normalized spacial score (nSPS) is 17.4. The highest BCUT2D eigenvalue weighted by atomic mass is 35.5. The molecule has 174 valence electrons. The summed E-state index contributed by atoms with van der Waals surface area (Å²) >= 11 is 7.08. The van der Waals surface area contributed by atoms with Crippen molar-refractivity contribution in [1.82, 2.24) is 10.0 Å². The Morgan fingerprint density at radius 3 is 2.55 bits per heavy atom. The van der Waals surface area contributed by atoms with Gasteiger partial charge in [-0.15, -0.1) is 0 Å². The van der Waals surface area contributed by atoms with E-state index in [1.54, 1.807) is 36.4 Å². The Morgan fingerprint density at radius 1 is 1.21 bits per heavy atom. The molecule has 0 saturated carbocycles. The zero-order valence-corrected chi connectivity index (χ0v) is 20.7. The molecule has 2 N–H and O–H groups in total. The molecule has 1 aliphatic rings. The van der Waals surface area contributed by atoms with Crippen LogP contribution >= 0.6 is 23.4 Å². The van der Waals surface area contributed by atoms with Gasteiger partial charge in [-0.05, 0) is 66.9 Å². The summed E-state index contributed by atoms with van der Waals surface area (Å²) in [5.74, 6) is -1.04. The van der Waals surface area contributed by atoms with Gasteiger partial charge >= 0.3 is 0 Å². The topological polar surface area (TPSA) is 105 Å². The van der Waals surface area contributed by atoms with Crippen LogP contribution in [-0.4, -0.2) is 31.4 Å². The van der Waals surface area contributed by atoms with E-state index in [1.165, 1.54) is 12.1 Å². The second-order valence-electron chi connectivity index (χ2n) is 7.98. The number of aryl methyl sites for hydroxylation is 1. The fraction of sp³-hybridized carbons (Fsp3) is 0.261. The van der Waals surface area contributed by atoms with Crippen LogP contribution in [0.1, 0.15) is 31.4 Å². The third-order valence-corrected chi connectivity index (χ3v) is 7.16. The molecule has 1 atom stereocenters. The van der Waals surface area contributed by atoms with Crippen LogP contribution in [0.4, 0.5) is 0 Å². The van der Waals surface area contributed by atoms with E-state index in [4.69, 9.17) is 11.6 Å². The largest absolute Gasteiger partial charge is 0.301 e. The number of thioether (sulfide) groups is 1. The minimum atomic E-state index is -4.04. The predicted octanol–water partition coefficient (Wildman–Crippen LogP) is 4.13. The van der Waals surface area contributed by atoms with E-state index in [1.807, 2.05) is 26.8 Å². The molecule has 1 heterocycles. The molecule has 3 rings (SSSR count). The Labute approximate surface area is 202 Å². The van der Waals surface area contributed by atoms with Crippen molar-refractivity contribution in [3.05, 3.63) is 69.6 Å². The molecule has 0 radical (unpaired) electrons. The molecule has 0 aliphatic carbocycles. The zero-order chi connectivity index (χ0) is 24.2. The number of aliphatic imine (C=N–C) groups is 1. The first-order valence-corrected chi connectivity index (χ1v) is 12.9. The van der Waals surface area contributed by atoms with Gasteiger partial charge in [0.15, 0.2) is 5.17 Å². The van der Waals surface area contributed by atoms with Gasteiger partial charge in [0.25, 0.3) is 21.8 Å². The van der Waals surface area contributed by atoms with Crippen LogP contribution in [-0.2, 0) is 19.6 Å². The van der Waals surface area contributed by atoms with Crippen LogP contribution in [0.3, 0.4) is 0 Å². The van der Waals surface area contributed by atoms with Crippen molar-refractivity contribution < 1.29 is 18.0 Å². The maximum atomic E-state index is 12.9. The van der Waals surface area contributed by atoms with Crippen LogP contribution in [0.25, 0.3) is 6.08 Å². The maximum absolute atomic E-state index is 12.9. The number of rotatable bonds is 7. The Kier molecular flexibility index (Phi) is 7.99. The van der Waals surface area contributed by atoms with Crippen LogP contribution in [0.15, 0.2) is 63.3 Å². The second-order valence-corrected chi connectivity index (χ2v) is 11.1. The minimum absolute atomic E-state index is 0.00677. The van der Waals surface area contributed by atoms with Crippen molar-refractivity contribution in [2.75, 3.05) is 0 Å². The molecule has 0 unspecified atom stereocenters. The molecule has 0 spiro atoms. The van der Waals surface area contributed by atoms with Gasteiger partial charge in [-0.1, -0.05) is 55.3 Å². The Morgan fingerprint density at radius 2 is 1.91 bits per heavy atom. The summed E-state index contributed by atoms with van der Waals surface area (Å²) in [6, 6.07) is 12.2. The SMILES string of the molecule is Cc1ccc(S(=O)(=O)NC(=O)[C@H](CC(C)C)N=C2NC(=O)/C(=C/c3cccc(Cl)c3)S2)cc1. The van der Waals surface area contributed by atoms with Crippen molar-refractivity contribution in [2.45, 2.75) is 38.1 Å². The molecule has 2 aromatic carbocycles. The predicted molar refractivity (Wildman–Crippen MR) is 132 cm³/mol. The average Bonchev–Trinajstić information content (AvgIpc) is 3.06. The van der Waals surface area contributed by atoms with E-state index in [-0.39, 0.29) is 21.9 Å². The summed E-state index contributed by atoms with van der Waals surface area (Å²) in [5.41, 5.74) is 1.65. The summed E-state index contributed by atoms with van der Waals surface area (Å²) in [5, 5.41) is 3.43. The third kappa shape index (κ3) is 6.93. The molecule has 1 fully saturated rings. The van der Waals surface area contributed by atoms with Crippen LogP contribution in [0, 0.1) is 12.8 Å². The fourth-order valence-electron chi connectivity index (χ4n) is 3.02. The zero-order valence-electron chi connectivity index (χ0n) is 18.3. The molecule has 33 heavy (non-hydrogen) atoms. The van der Waals surface area contributed by atoms with Crippen LogP contribution in [0.2, 0.25) is 5.02 Å². The van der Waals surface area contributed by atoms with Gasteiger partial charge in [-0.3, -0.25) is 9.59 Å². The van der Waals surface area contributed by atoms with Gasteiger partial charge in [0, 0.05) is 5.02 Å². The average molecular weight is 506 g/mol. The van der Waals surface area contributed by atoms with Gasteiger partial charge in [-0.25, -0.2) is 18.1 Å². The molecular formula is C23H24ClN3O4S2. The summed E-state index contributed by atoms with van der Waals surface area (Å²) < 4.78 is 27.4. The molecule has 2 amide bonds. The molecule has 1 saturated heterocycles. The van der Waals surface area contributed by atoms with Gasteiger partial charge in [0.05, 0.1) is 9.80 Å². The number of hydrogen-bond donors (Lipinski definition) is 2. The van der Waals surface area contributed by atoms with Gasteiger partial charge in [0.1, 0.15) is 6.04 Å². The number of carbonyl (C=O) groups is 2. The number of amides is 2. The summed E-state index contributed by atoms with van der Waals surface area (Å²) in [7, 11) is -4.04. The number of nitrogens with zero attached hydrogens (tertiary/aromatic N) is 1.